The summed E-state index contributed by atoms with van der Waals surface area (Å²) in [6, 6.07) is 23.3. The number of anilines is 1. The molecule has 11 heteroatoms. The number of hydrogen-bond donors (Lipinski definition) is 1. The second kappa shape index (κ2) is 15.2. The second-order valence-electron chi connectivity index (χ2n) is 14.2. The number of nitrogens with one attached hydrogen (secondary N) is 1. The molecular weight excluding hydrogens is 636 g/mol. The van der Waals surface area contributed by atoms with Crippen molar-refractivity contribution in [1.82, 2.24) is 15.1 Å². The molecule has 2 heterocycles. The molecule has 3 aromatic carbocycles. The van der Waals surface area contributed by atoms with Gasteiger partial charge in [0, 0.05) is 43.3 Å². The summed E-state index contributed by atoms with van der Waals surface area (Å²) in [5, 5.41) is 2.75. The highest BCUT2D eigenvalue weighted by Crippen LogP contribution is 2.43. The monoisotopic (exact) mass is 684 g/mol. The number of fused-ring (bicyclic) bond motifs is 1. The molecule has 0 radical (unpaired) electrons. The number of amides is 4. The SMILES string of the molecule is CC(C)N(C(=O)c1ccc2c(c1)N(CCNC(=O)OCc1ccccc1)C(=O)[C@](C)(c1ccccc1)O2)[C@@H]1CCCN(C(=O)OC(C)(C)C)C1. The molecule has 5 rings (SSSR count). The Labute approximate surface area is 294 Å². The van der Waals surface area contributed by atoms with Crippen molar-refractivity contribution in [3.05, 3.63) is 95.6 Å². The van der Waals surface area contributed by atoms with Gasteiger partial charge in [0.1, 0.15) is 18.0 Å². The maximum absolute atomic E-state index is 14.3. The summed E-state index contributed by atoms with van der Waals surface area (Å²) < 4.78 is 17.4. The Bertz CT molecular complexity index is 1670. The van der Waals surface area contributed by atoms with Gasteiger partial charge in [-0.1, -0.05) is 60.7 Å². The van der Waals surface area contributed by atoms with Crippen molar-refractivity contribution in [2.45, 2.75) is 84.3 Å². The van der Waals surface area contributed by atoms with Crippen LogP contribution in [0.1, 0.15) is 75.9 Å². The quantitative estimate of drug-likeness (QED) is 0.273. The van der Waals surface area contributed by atoms with Gasteiger partial charge in [-0.05, 0) is 78.1 Å². The van der Waals surface area contributed by atoms with Crippen molar-refractivity contribution in [2.75, 3.05) is 31.1 Å². The lowest BCUT2D eigenvalue weighted by molar-refractivity contribution is -0.135. The first-order valence-electron chi connectivity index (χ1n) is 17.2. The summed E-state index contributed by atoms with van der Waals surface area (Å²) in [4.78, 5) is 59.1. The van der Waals surface area contributed by atoms with Crippen LogP contribution in [0, 0.1) is 0 Å². The predicted molar refractivity (Wildman–Crippen MR) is 190 cm³/mol. The lowest BCUT2D eigenvalue weighted by atomic mass is 9.91. The van der Waals surface area contributed by atoms with Crippen molar-refractivity contribution in [1.29, 1.82) is 0 Å². The Morgan fingerprint density at radius 2 is 1.70 bits per heavy atom. The molecule has 0 aromatic heterocycles. The van der Waals surface area contributed by atoms with E-state index in [0.29, 0.717) is 35.7 Å². The zero-order chi connectivity index (χ0) is 36.1. The average Bonchev–Trinajstić information content (AvgIpc) is 3.09. The number of alkyl carbamates (subject to hydrolysis) is 1. The van der Waals surface area contributed by atoms with Crippen LogP contribution in [0.25, 0.3) is 0 Å². The van der Waals surface area contributed by atoms with Gasteiger partial charge in [0.2, 0.25) is 5.60 Å². The first kappa shape index (κ1) is 36.2. The van der Waals surface area contributed by atoms with Crippen LogP contribution in [0.15, 0.2) is 78.9 Å². The third-order valence-electron chi connectivity index (χ3n) is 8.84. The number of likely N-dealkylation sites (tertiary alicyclic amines) is 1. The molecule has 0 saturated carbocycles. The van der Waals surface area contributed by atoms with Gasteiger partial charge in [0.15, 0.2) is 0 Å². The highest BCUT2D eigenvalue weighted by atomic mass is 16.6. The van der Waals surface area contributed by atoms with Gasteiger partial charge in [0.25, 0.3) is 11.8 Å². The minimum Gasteiger partial charge on any atom is -0.471 e. The van der Waals surface area contributed by atoms with Gasteiger partial charge >= 0.3 is 12.2 Å². The molecule has 0 bridgehead atoms. The normalized spacial score (nSPS) is 18.9. The van der Waals surface area contributed by atoms with Crippen molar-refractivity contribution < 1.29 is 33.4 Å². The summed E-state index contributed by atoms with van der Waals surface area (Å²) in [5.41, 5.74) is 0.375. The highest BCUT2D eigenvalue weighted by molar-refractivity contribution is 6.05. The minimum atomic E-state index is -1.34. The zero-order valence-corrected chi connectivity index (χ0v) is 29.8. The van der Waals surface area contributed by atoms with Crippen molar-refractivity contribution in [3.63, 3.8) is 0 Å². The standard InChI is InChI=1S/C39H48N4O7/c1-27(2)43(31-18-13-22-41(25-31)37(47)50-38(3,4)5)34(44)29-19-20-33-32(24-29)42(35(45)39(6,49-33)30-16-11-8-12-17-30)23-21-40-36(46)48-26-28-14-9-7-10-15-28/h7-12,14-17,19-20,24,27,31H,13,18,21-23,25-26H2,1-6H3,(H,40,46)/t31-,39+/m1/s1. The molecule has 50 heavy (non-hydrogen) atoms. The number of nitrogens with zero attached hydrogens (tertiary/aromatic N) is 3. The summed E-state index contributed by atoms with van der Waals surface area (Å²) in [7, 11) is 0. The molecular formula is C39H48N4O7. The molecule has 2 aliphatic rings. The molecule has 2 atom stereocenters. The van der Waals surface area contributed by atoms with Crippen LogP contribution in [0.4, 0.5) is 15.3 Å². The van der Waals surface area contributed by atoms with Crippen LogP contribution in [0.2, 0.25) is 0 Å². The topological polar surface area (TPSA) is 118 Å². The van der Waals surface area contributed by atoms with E-state index < -0.39 is 23.4 Å². The maximum atomic E-state index is 14.3. The van der Waals surface area contributed by atoms with Crippen LogP contribution in [-0.2, 0) is 26.5 Å². The van der Waals surface area contributed by atoms with Crippen LogP contribution in [-0.4, -0.2) is 77.7 Å². The Hall–Kier alpha value is -5.06. The van der Waals surface area contributed by atoms with Gasteiger partial charge in [-0.2, -0.15) is 0 Å². The van der Waals surface area contributed by atoms with Crippen molar-refractivity contribution in [3.8, 4) is 5.75 Å². The third kappa shape index (κ3) is 8.38. The van der Waals surface area contributed by atoms with Gasteiger partial charge in [-0.15, -0.1) is 0 Å². The fourth-order valence-electron chi connectivity index (χ4n) is 6.43. The second-order valence-corrected chi connectivity index (χ2v) is 14.2. The van der Waals surface area contributed by atoms with E-state index in [4.69, 9.17) is 14.2 Å². The number of carbonyl (C=O) groups is 4. The molecule has 1 N–H and O–H groups in total. The molecule has 4 amide bonds. The molecule has 2 aliphatic heterocycles. The number of piperidine rings is 1. The van der Waals surface area contributed by atoms with E-state index in [1.807, 2.05) is 100 Å². The Balaban J connectivity index is 1.38. The molecule has 0 spiro atoms. The molecule has 11 nitrogen and oxygen atoms in total. The lowest BCUT2D eigenvalue weighted by Gasteiger charge is -2.42. The lowest BCUT2D eigenvalue weighted by Crippen LogP contribution is -2.55. The summed E-state index contributed by atoms with van der Waals surface area (Å²) in [6.45, 7) is 12.4. The maximum Gasteiger partial charge on any atom is 0.410 e. The summed E-state index contributed by atoms with van der Waals surface area (Å²) in [5.74, 6) is -0.115. The largest absolute Gasteiger partial charge is 0.471 e. The minimum absolute atomic E-state index is 0.0997. The van der Waals surface area contributed by atoms with E-state index in [0.717, 1.165) is 18.4 Å². The van der Waals surface area contributed by atoms with Crippen molar-refractivity contribution >= 4 is 29.7 Å². The Morgan fingerprint density at radius 1 is 1.02 bits per heavy atom. The average molecular weight is 685 g/mol. The first-order valence-corrected chi connectivity index (χ1v) is 17.2. The van der Waals surface area contributed by atoms with Crippen LogP contribution in [0.5, 0.6) is 5.75 Å². The van der Waals surface area contributed by atoms with Crippen LogP contribution in [0.3, 0.4) is 0 Å². The fraction of sp³-hybridized carbons (Fsp3) is 0.436. The number of ether oxygens (including phenoxy) is 3. The molecule has 266 valence electrons. The van der Waals surface area contributed by atoms with E-state index in [-0.39, 0.29) is 43.6 Å². The van der Waals surface area contributed by atoms with Crippen molar-refractivity contribution in [2.24, 2.45) is 0 Å². The molecule has 3 aromatic rings. The van der Waals surface area contributed by atoms with E-state index in [1.165, 1.54) is 0 Å². The Kier molecular flexibility index (Phi) is 11.0. The van der Waals surface area contributed by atoms with E-state index >= 15 is 0 Å². The number of rotatable bonds is 9. The molecule has 1 fully saturated rings. The van der Waals surface area contributed by atoms with Gasteiger partial charge in [-0.25, -0.2) is 9.59 Å². The van der Waals surface area contributed by atoms with Gasteiger partial charge < -0.3 is 34.2 Å². The molecule has 0 unspecified atom stereocenters. The number of benzene rings is 3. The van der Waals surface area contributed by atoms with Crippen LogP contribution < -0.4 is 15.0 Å². The fourth-order valence-corrected chi connectivity index (χ4v) is 6.43. The number of carbonyl (C=O) groups excluding carboxylic acids is 4. The zero-order valence-electron chi connectivity index (χ0n) is 29.8. The molecule has 1 saturated heterocycles. The van der Waals surface area contributed by atoms with E-state index in [2.05, 4.69) is 5.32 Å². The van der Waals surface area contributed by atoms with Gasteiger partial charge in [0.05, 0.1) is 11.7 Å². The summed E-state index contributed by atoms with van der Waals surface area (Å²) in [6.07, 6.45) is 0.477. The highest BCUT2D eigenvalue weighted by Gasteiger charge is 2.46. The van der Waals surface area contributed by atoms with E-state index in [9.17, 15) is 19.2 Å². The third-order valence-corrected chi connectivity index (χ3v) is 8.84. The first-order chi connectivity index (χ1) is 23.8. The number of hydrogen-bond acceptors (Lipinski definition) is 7. The predicted octanol–water partition coefficient (Wildman–Crippen LogP) is 6.50. The smallest absolute Gasteiger partial charge is 0.410 e. The summed E-state index contributed by atoms with van der Waals surface area (Å²) >= 11 is 0. The Morgan fingerprint density at radius 3 is 2.36 bits per heavy atom. The molecule has 0 aliphatic carbocycles. The van der Waals surface area contributed by atoms with Crippen LogP contribution >= 0.6 is 0 Å². The van der Waals surface area contributed by atoms with E-state index in [1.54, 1.807) is 34.9 Å². The van der Waals surface area contributed by atoms with Gasteiger partial charge in [-0.3, -0.25) is 9.59 Å².